The second kappa shape index (κ2) is 6.41. The molecule has 1 aromatic carbocycles. The number of nitrogens with two attached hydrogens (primary N) is 1. The van der Waals surface area contributed by atoms with Gasteiger partial charge in [0.2, 0.25) is 0 Å². The lowest BCUT2D eigenvalue weighted by molar-refractivity contribution is 0.543. The molecule has 2 aromatic rings. The summed E-state index contributed by atoms with van der Waals surface area (Å²) < 4.78 is 1.84. The highest BCUT2D eigenvalue weighted by atomic mass is 15.3. The molecular formula is C16H23N3. The third-order valence-electron chi connectivity index (χ3n) is 3.45. The number of nitrogen functional groups attached to an aromatic ring is 1. The maximum Gasteiger partial charge on any atom is 0.127 e. The standard InChI is InChI=1S/C16H23N3/c1-3-8-13(9-4-2)15-12-16(17)19(18-15)14-10-6-5-7-11-14/h5-7,10-13H,3-4,8-9,17H2,1-2H3. The van der Waals surface area contributed by atoms with Gasteiger partial charge in [0.25, 0.3) is 0 Å². The molecule has 0 aliphatic rings. The van der Waals surface area contributed by atoms with Crippen molar-refractivity contribution in [1.29, 1.82) is 0 Å². The van der Waals surface area contributed by atoms with Crippen LogP contribution in [-0.4, -0.2) is 9.78 Å². The molecule has 0 aliphatic carbocycles. The van der Waals surface area contributed by atoms with Gasteiger partial charge in [0.05, 0.1) is 11.4 Å². The normalized spacial score (nSPS) is 11.1. The maximum atomic E-state index is 6.10. The summed E-state index contributed by atoms with van der Waals surface area (Å²) >= 11 is 0. The van der Waals surface area contributed by atoms with Crippen molar-refractivity contribution >= 4 is 5.82 Å². The Morgan fingerprint density at radius 1 is 1.11 bits per heavy atom. The van der Waals surface area contributed by atoms with E-state index in [4.69, 9.17) is 10.8 Å². The zero-order chi connectivity index (χ0) is 13.7. The Kier molecular flexibility index (Phi) is 4.61. The van der Waals surface area contributed by atoms with Gasteiger partial charge >= 0.3 is 0 Å². The summed E-state index contributed by atoms with van der Waals surface area (Å²) in [6, 6.07) is 12.1. The first kappa shape index (κ1) is 13.7. The minimum atomic E-state index is 0.530. The summed E-state index contributed by atoms with van der Waals surface area (Å²) in [7, 11) is 0. The monoisotopic (exact) mass is 257 g/mol. The Morgan fingerprint density at radius 3 is 2.32 bits per heavy atom. The smallest absolute Gasteiger partial charge is 0.127 e. The molecule has 1 heterocycles. The van der Waals surface area contributed by atoms with E-state index in [0.717, 1.165) is 17.2 Å². The molecule has 0 fully saturated rings. The van der Waals surface area contributed by atoms with Crippen molar-refractivity contribution in [2.24, 2.45) is 0 Å². The van der Waals surface area contributed by atoms with Crippen LogP contribution in [0.4, 0.5) is 5.82 Å². The Labute approximate surface area is 115 Å². The lowest BCUT2D eigenvalue weighted by atomic mass is 9.95. The van der Waals surface area contributed by atoms with Crippen molar-refractivity contribution in [3.63, 3.8) is 0 Å². The highest BCUT2D eigenvalue weighted by molar-refractivity contribution is 5.43. The Bertz CT molecular complexity index is 496. The summed E-state index contributed by atoms with van der Waals surface area (Å²) in [5.74, 6) is 1.25. The van der Waals surface area contributed by atoms with Crippen molar-refractivity contribution in [1.82, 2.24) is 9.78 Å². The van der Waals surface area contributed by atoms with Gasteiger partial charge in [-0.2, -0.15) is 5.10 Å². The van der Waals surface area contributed by atoms with Gasteiger partial charge in [-0.25, -0.2) is 4.68 Å². The average Bonchev–Trinajstić information content (AvgIpc) is 2.81. The van der Waals surface area contributed by atoms with E-state index in [0.29, 0.717) is 5.92 Å². The molecule has 3 heteroatoms. The molecule has 0 aliphatic heterocycles. The summed E-state index contributed by atoms with van der Waals surface area (Å²) in [6.45, 7) is 4.44. The summed E-state index contributed by atoms with van der Waals surface area (Å²) in [5, 5.41) is 4.71. The van der Waals surface area contributed by atoms with Gasteiger partial charge in [0.1, 0.15) is 5.82 Å². The van der Waals surface area contributed by atoms with Crippen LogP contribution < -0.4 is 5.73 Å². The van der Waals surface area contributed by atoms with E-state index >= 15 is 0 Å². The van der Waals surface area contributed by atoms with Gasteiger partial charge in [0.15, 0.2) is 0 Å². The molecule has 3 nitrogen and oxygen atoms in total. The SMILES string of the molecule is CCCC(CCC)c1cc(N)n(-c2ccccc2)n1. The van der Waals surface area contributed by atoms with Crippen molar-refractivity contribution in [2.45, 2.75) is 45.4 Å². The largest absolute Gasteiger partial charge is 0.384 e. The second-order valence-electron chi connectivity index (χ2n) is 5.02. The Morgan fingerprint density at radius 2 is 1.74 bits per heavy atom. The van der Waals surface area contributed by atoms with Crippen LogP contribution in [-0.2, 0) is 0 Å². The van der Waals surface area contributed by atoms with E-state index in [-0.39, 0.29) is 0 Å². The number of hydrogen-bond acceptors (Lipinski definition) is 2. The molecular weight excluding hydrogens is 234 g/mol. The van der Waals surface area contributed by atoms with Crippen LogP contribution in [0.1, 0.15) is 51.1 Å². The van der Waals surface area contributed by atoms with Crippen molar-refractivity contribution in [3.8, 4) is 5.69 Å². The van der Waals surface area contributed by atoms with Gasteiger partial charge in [0, 0.05) is 12.0 Å². The molecule has 102 valence electrons. The topological polar surface area (TPSA) is 43.8 Å². The predicted molar refractivity (Wildman–Crippen MR) is 80.5 cm³/mol. The molecule has 0 atom stereocenters. The summed E-state index contributed by atoms with van der Waals surface area (Å²) in [5.41, 5.74) is 8.26. The number of hydrogen-bond donors (Lipinski definition) is 1. The lowest BCUT2D eigenvalue weighted by Crippen LogP contribution is -2.03. The van der Waals surface area contributed by atoms with Crippen molar-refractivity contribution in [3.05, 3.63) is 42.1 Å². The van der Waals surface area contributed by atoms with Gasteiger partial charge in [-0.15, -0.1) is 0 Å². The van der Waals surface area contributed by atoms with E-state index < -0.39 is 0 Å². The number of para-hydroxylation sites is 1. The number of benzene rings is 1. The number of anilines is 1. The average molecular weight is 257 g/mol. The fourth-order valence-corrected chi connectivity index (χ4v) is 2.53. The number of aromatic nitrogens is 2. The quantitative estimate of drug-likeness (QED) is 0.845. The molecule has 0 saturated heterocycles. The fourth-order valence-electron chi connectivity index (χ4n) is 2.53. The highest BCUT2D eigenvalue weighted by Crippen LogP contribution is 2.27. The van der Waals surface area contributed by atoms with Crippen LogP contribution in [0, 0.1) is 0 Å². The van der Waals surface area contributed by atoms with E-state index in [2.05, 4.69) is 13.8 Å². The second-order valence-corrected chi connectivity index (χ2v) is 5.02. The number of nitrogens with zero attached hydrogens (tertiary/aromatic N) is 2. The van der Waals surface area contributed by atoms with E-state index in [1.807, 2.05) is 41.1 Å². The lowest BCUT2D eigenvalue weighted by Gasteiger charge is -2.11. The first-order valence-corrected chi connectivity index (χ1v) is 7.17. The molecule has 0 amide bonds. The van der Waals surface area contributed by atoms with Crippen molar-refractivity contribution in [2.75, 3.05) is 5.73 Å². The predicted octanol–water partition coefficient (Wildman–Crippen LogP) is 4.14. The molecule has 2 rings (SSSR count). The molecule has 0 saturated carbocycles. The number of rotatable bonds is 6. The van der Waals surface area contributed by atoms with Crippen LogP contribution in [0.25, 0.3) is 5.69 Å². The van der Waals surface area contributed by atoms with Crippen LogP contribution in [0.3, 0.4) is 0 Å². The Hall–Kier alpha value is -1.77. The van der Waals surface area contributed by atoms with Gasteiger partial charge < -0.3 is 5.73 Å². The van der Waals surface area contributed by atoms with Crippen molar-refractivity contribution < 1.29 is 0 Å². The van der Waals surface area contributed by atoms with Gasteiger partial charge in [-0.1, -0.05) is 44.9 Å². The van der Waals surface area contributed by atoms with Gasteiger partial charge in [-0.3, -0.25) is 0 Å². The maximum absolute atomic E-state index is 6.10. The zero-order valence-corrected chi connectivity index (χ0v) is 11.8. The van der Waals surface area contributed by atoms with Crippen LogP contribution in [0.2, 0.25) is 0 Å². The summed E-state index contributed by atoms with van der Waals surface area (Å²) in [4.78, 5) is 0. The highest BCUT2D eigenvalue weighted by Gasteiger charge is 2.15. The van der Waals surface area contributed by atoms with Gasteiger partial charge in [-0.05, 0) is 25.0 Å². The van der Waals surface area contributed by atoms with Crippen LogP contribution in [0.5, 0.6) is 0 Å². The first-order chi connectivity index (χ1) is 9.26. The summed E-state index contributed by atoms with van der Waals surface area (Å²) in [6.07, 6.45) is 4.73. The fraction of sp³-hybridized carbons (Fsp3) is 0.438. The minimum absolute atomic E-state index is 0.530. The molecule has 0 bridgehead atoms. The third-order valence-corrected chi connectivity index (χ3v) is 3.45. The first-order valence-electron chi connectivity index (χ1n) is 7.17. The molecule has 0 radical (unpaired) electrons. The minimum Gasteiger partial charge on any atom is -0.384 e. The third kappa shape index (κ3) is 3.16. The van der Waals surface area contributed by atoms with Crippen LogP contribution in [0.15, 0.2) is 36.4 Å². The molecule has 2 N–H and O–H groups in total. The van der Waals surface area contributed by atoms with E-state index in [1.165, 1.54) is 25.7 Å². The zero-order valence-electron chi connectivity index (χ0n) is 11.8. The molecule has 0 unspecified atom stereocenters. The molecule has 0 spiro atoms. The van der Waals surface area contributed by atoms with E-state index in [1.54, 1.807) is 0 Å². The Balaban J connectivity index is 2.29. The molecule has 19 heavy (non-hydrogen) atoms. The van der Waals surface area contributed by atoms with E-state index in [9.17, 15) is 0 Å². The van der Waals surface area contributed by atoms with Crippen LogP contribution >= 0.6 is 0 Å². The molecule has 1 aromatic heterocycles.